The highest BCUT2D eigenvalue weighted by molar-refractivity contribution is 5.04. The number of nitrogens with two attached hydrogens (primary N) is 1. The number of aliphatic hydroxyl groups is 1. The lowest BCUT2D eigenvalue weighted by Gasteiger charge is -2.37. The van der Waals surface area contributed by atoms with Crippen molar-refractivity contribution in [2.45, 2.75) is 44.6 Å². The summed E-state index contributed by atoms with van der Waals surface area (Å²) < 4.78 is 0. The van der Waals surface area contributed by atoms with E-state index in [1.165, 1.54) is 32.1 Å². The van der Waals surface area contributed by atoms with E-state index >= 15 is 0 Å². The number of nitrogens with one attached hydrogen (secondary N) is 1. The summed E-state index contributed by atoms with van der Waals surface area (Å²) in [6.07, 6.45) is 6.46. The molecule has 0 aromatic carbocycles. The molecule has 4 N–H and O–H groups in total. The van der Waals surface area contributed by atoms with Gasteiger partial charge in [-0.15, -0.1) is 0 Å². The summed E-state index contributed by atoms with van der Waals surface area (Å²) in [5.41, 5.74) is 6.43. The molecule has 94 valence electrons. The Hall–Kier alpha value is -0.120. The number of aliphatic hydroxyl groups excluding tert-OH is 1. The van der Waals surface area contributed by atoms with E-state index in [4.69, 9.17) is 5.73 Å². The molecule has 0 radical (unpaired) electrons. The van der Waals surface area contributed by atoms with Crippen LogP contribution in [0.2, 0.25) is 0 Å². The van der Waals surface area contributed by atoms with Crippen molar-refractivity contribution >= 4 is 0 Å². The monoisotopic (exact) mass is 226 g/mol. The molecule has 4 unspecified atom stereocenters. The molecule has 3 nitrogen and oxygen atoms in total. The molecule has 4 atom stereocenters. The molecule has 0 aromatic rings. The quantitative estimate of drug-likeness (QED) is 0.618. The summed E-state index contributed by atoms with van der Waals surface area (Å²) in [5, 5.41) is 12.8. The Balaban J connectivity index is 2.04. The lowest BCUT2D eigenvalue weighted by molar-refractivity contribution is 0.134. The van der Waals surface area contributed by atoms with Crippen LogP contribution >= 0.6 is 0 Å². The number of hydrogen-bond donors (Lipinski definition) is 3. The van der Waals surface area contributed by atoms with Crippen LogP contribution in [0.1, 0.15) is 39.0 Å². The first-order valence-corrected chi connectivity index (χ1v) is 6.77. The predicted molar refractivity (Wildman–Crippen MR) is 66.1 cm³/mol. The van der Waals surface area contributed by atoms with Crippen LogP contribution in [0.5, 0.6) is 0 Å². The van der Waals surface area contributed by atoms with Crippen LogP contribution in [0, 0.1) is 17.8 Å². The normalized spacial score (nSPS) is 45.6. The highest BCUT2D eigenvalue weighted by Gasteiger charge is 2.45. The number of hydrogen-bond acceptors (Lipinski definition) is 3. The van der Waals surface area contributed by atoms with Gasteiger partial charge in [-0.2, -0.15) is 0 Å². The highest BCUT2D eigenvalue weighted by Crippen LogP contribution is 2.37. The summed E-state index contributed by atoms with van der Waals surface area (Å²) in [5.74, 6) is 1.71. The summed E-state index contributed by atoms with van der Waals surface area (Å²) in [7, 11) is 0. The molecule has 2 rings (SSSR count). The summed E-state index contributed by atoms with van der Waals surface area (Å²) in [4.78, 5) is 0. The van der Waals surface area contributed by atoms with Crippen molar-refractivity contribution < 1.29 is 5.11 Å². The molecular weight excluding hydrogens is 200 g/mol. The second-order valence-electron chi connectivity index (χ2n) is 5.93. The van der Waals surface area contributed by atoms with Crippen molar-refractivity contribution in [3.8, 4) is 0 Å². The van der Waals surface area contributed by atoms with Crippen molar-refractivity contribution in [2.24, 2.45) is 23.5 Å². The molecule has 1 aliphatic carbocycles. The van der Waals surface area contributed by atoms with Gasteiger partial charge < -0.3 is 16.2 Å². The van der Waals surface area contributed by atoms with Gasteiger partial charge in [-0.05, 0) is 24.7 Å². The molecule has 0 amide bonds. The molecular formula is C13H26N2O. The van der Waals surface area contributed by atoms with Gasteiger partial charge in [0, 0.05) is 31.2 Å². The van der Waals surface area contributed by atoms with Crippen molar-refractivity contribution in [1.82, 2.24) is 5.32 Å². The number of rotatable bonds is 2. The molecule has 2 fully saturated rings. The first-order chi connectivity index (χ1) is 7.66. The van der Waals surface area contributed by atoms with Crippen LogP contribution in [0.25, 0.3) is 0 Å². The van der Waals surface area contributed by atoms with Gasteiger partial charge in [0.2, 0.25) is 0 Å². The zero-order chi connectivity index (χ0) is 11.6. The predicted octanol–water partition coefficient (Wildman–Crippen LogP) is 1.11. The SMILES string of the molecule is CC1CCCC(C2(N)CNCC2CO)CC1. The maximum atomic E-state index is 9.43. The van der Waals surface area contributed by atoms with E-state index in [0.29, 0.717) is 5.92 Å². The Labute approximate surface area is 98.8 Å². The van der Waals surface area contributed by atoms with Crippen LogP contribution in [0.3, 0.4) is 0 Å². The fourth-order valence-electron chi connectivity index (χ4n) is 3.53. The third-order valence-corrected chi connectivity index (χ3v) is 4.82. The Morgan fingerprint density at radius 2 is 2.12 bits per heavy atom. The molecule has 1 saturated carbocycles. The Morgan fingerprint density at radius 3 is 2.88 bits per heavy atom. The van der Waals surface area contributed by atoms with Gasteiger partial charge in [-0.25, -0.2) is 0 Å². The molecule has 3 heteroatoms. The molecule has 1 aliphatic heterocycles. The molecule has 0 aromatic heterocycles. The minimum atomic E-state index is -0.154. The average Bonchev–Trinajstić information content (AvgIpc) is 2.50. The lowest BCUT2D eigenvalue weighted by Crippen LogP contribution is -2.54. The third-order valence-electron chi connectivity index (χ3n) is 4.82. The van der Waals surface area contributed by atoms with E-state index in [1.54, 1.807) is 0 Å². The van der Waals surface area contributed by atoms with E-state index < -0.39 is 0 Å². The van der Waals surface area contributed by atoms with Crippen molar-refractivity contribution in [3.05, 3.63) is 0 Å². The molecule has 1 saturated heterocycles. The lowest BCUT2D eigenvalue weighted by atomic mass is 9.73. The standard InChI is InChI=1S/C13H26N2O/c1-10-3-2-4-11(6-5-10)13(14)9-15-7-12(13)8-16/h10-12,15-16H,2-9,14H2,1H3. The van der Waals surface area contributed by atoms with E-state index in [-0.39, 0.29) is 18.1 Å². The van der Waals surface area contributed by atoms with E-state index in [0.717, 1.165) is 19.0 Å². The minimum Gasteiger partial charge on any atom is -0.396 e. The first-order valence-electron chi connectivity index (χ1n) is 6.77. The molecule has 16 heavy (non-hydrogen) atoms. The van der Waals surface area contributed by atoms with Crippen molar-refractivity contribution in [2.75, 3.05) is 19.7 Å². The van der Waals surface area contributed by atoms with Gasteiger partial charge in [0.25, 0.3) is 0 Å². The van der Waals surface area contributed by atoms with Gasteiger partial charge >= 0.3 is 0 Å². The fourth-order valence-corrected chi connectivity index (χ4v) is 3.53. The third kappa shape index (κ3) is 2.27. The van der Waals surface area contributed by atoms with Crippen molar-refractivity contribution in [1.29, 1.82) is 0 Å². The Kier molecular flexibility index (Phi) is 3.88. The molecule has 0 bridgehead atoms. The average molecular weight is 226 g/mol. The van der Waals surface area contributed by atoms with Crippen LogP contribution in [0.4, 0.5) is 0 Å². The topological polar surface area (TPSA) is 58.3 Å². The van der Waals surface area contributed by atoms with Crippen LogP contribution in [-0.4, -0.2) is 30.3 Å². The Bertz CT molecular complexity index is 234. The maximum absolute atomic E-state index is 9.43. The smallest absolute Gasteiger partial charge is 0.0489 e. The van der Waals surface area contributed by atoms with Gasteiger partial charge in [0.15, 0.2) is 0 Å². The van der Waals surface area contributed by atoms with E-state index in [1.807, 2.05) is 0 Å². The first kappa shape index (κ1) is 12.3. The van der Waals surface area contributed by atoms with Crippen LogP contribution in [0.15, 0.2) is 0 Å². The zero-order valence-corrected chi connectivity index (χ0v) is 10.4. The molecule has 2 aliphatic rings. The van der Waals surface area contributed by atoms with Crippen LogP contribution in [-0.2, 0) is 0 Å². The molecule has 0 spiro atoms. The zero-order valence-electron chi connectivity index (χ0n) is 10.4. The second kappa shape index (κ2) is 5.03. The summed E-state index contributed by atoms with van der Waals surface area (Å²) >= 11 is 0. The van der Waals surface area contributed by atoms with Gasteiger partial charge in [-0.3, -0.25) is 0 Å². The maximum Gasteiger partial charge on any atom is 0.0489 e. The summed E-state index contributed by atoms with van der Waals surface area (Å²) in [6, 6.07) is 0. The minimum absolute atomic E-state index is 0.154. The molecule has 1 heterocycles. The largest absolute Gasteiger partial charge is 0.396 e. The Morgan fingerprint density at radius 1 is 1.31 bits per heavy atom. The van der Waals surface area contributed by atoms with E-state index in [9.17, 15) is 5.11 Å². The van der Waals surface area contributed by atoms with Crippen molar-refractivity contribution in [3.63, 3.8) is 0 Å². The fraction of sp³-hybridized carbons (Fsp3) is 1.00. The van der Waals surface area contributed by atoms with Gasteiger partial charge in [0.1, 0.15) is 0 Å². The second-order valence-corrected chi connectivity index (χ2v) is 5.93. The highest BCUT2D eigenvalue weighted by atomic mass is 16.3. The summed E-state index contributed by atoms with van der Waals surface area (Å²) in [6.45, 7) is 4.36. The van der Waals surface area contributed by atoms with Gasteiger partial charge in [-0.1, -0.05) is 26.2 Å². The van der Waals surface area contributed by atoms with Gasteiger partial charge in [0.05, 0.1) is 0 Å². The van der Waals surface area contributed by atoms with E-state index in [2.05, 4.69) is 12.2 Å². The van der Waals surface area contributed by atoms with Crippen LogP contribution < -0.4 is 11.1 Å².